The van der Waals surface area contributed by atoms with Crippen LogP contribution in [0.25, 0.3) is 0 Å². The number of hydrogen-bond donors (Lipinski definition) is 0. The van der Waals surface area contributed by atoms with Gasteiger partial charge in [0.1, 0.15) is 0 Å². The standard InChI is InChI=1S/C58H88N2/c1-5-9-13-17-21-25-29-51-33-41-55(42-34-51)59(56-43-35-52(36-44-56)30-26-22-18-14-10-6-2)49-50-60(57-45-37-53(38-46-57)31-27-23-19-15-11-7-3)58-47-39-54(40-48-58)32-28-24-20-16-12-8-4/h33-48H,5-32,49-50H2,1-4H3. The Hall–Kier alpha value is -3.52. The number of benzene rings is 4. The molecule has 0 aromatic heterocycles. The van der Waals surface area contributed by atoms with Crippen LogP contribution in [0.1, 0.15) is 204 Å². The van der Waals surface area contributed by atoms with Crippen molar-refractivity contribution in [2.75, 3.05) is 22.9 Å². The maximum absolute atomic E-state index is 2.57. The topological polar surface area (TPSA) is 6.48 Å². The lowest BCUT2D eigenvalue weighted by atomic mass is 10.0. The third-order valence-corrected chi connectivity index (χ3v) is 12.8. The van der Waals surface area contributed by atoms with Crippen molar-refractivity contribution in [1.29, 1.82) is 0 Å². The van der Waals surface area contributed by atoms with Gasteiger partial charge in [-0.1, -0.05) is 205 Å². The van der Waals surface area contributed by atoms with Crippen molar-refractivity contribution in [1.82, 2.24) is 0 Å². The van der Waals surface area contributed by atoms with E-state index in [0.29, 0.717) is 0 Å². The average molecular weight is 813 g/mol. The van der Waals surface area contributed by atoms with Crippen LogP contribution in [0.2, 0.25) is 0 Å². The van der Waals surface area contributed by atoms with Gasteiger partial charge in [0.15, 0.2) is 0 Å². The smallest absolute Gasteiger partial charge is 0.0411 e. The lowest BCUT2D eigenvalue weighted by Gasteiger charge is -2.31. The van der Waals surface area contributed by atoms with Gasteiger partial charge in [-0.15, -0.1) is 0 Å². The predicted molar refractivity (Wildman–Crippen MR) is 268 cm³/mol. The molecule has 2 nitrogen and oxygen atoms in total. The third kappa shape index (κ3) is 19.5. The SMILES string of the molecule is CCCCCCCCc1ccc(N(CCN(c2ccc(CCCCCCCC)cc2)c2ccc(CCCCCCCC)cc2)c2ccc(CCCCCCCC)cc2)cc1. The normalized spacial score (nSPS) is 11.3. The summed E-state index contributed by atoms with van der Waals surface area (Å²) in [4.78, 5) is 5.13. The molecular weight excluding hydrogens is 725 g/mol. The van der Waals surface area contributed by atoms with Gasteiger partial charge in [-0.05, 0) is 122 Å². The summed E-state index contributed by atoms with van der Waals surface area (Å²) in [7, 11) is 0. The van der Waals surface area contributed by atoms with E-state index in [0.717, 1.165) is 13.1 Å². The second-order valence-corrected chi connectivity index (χ2v) is 18.0. The molecule has 0 aliphatic rings. The highest BCUT2D eigenvalue weighted by Crippen LogP contribution is 2.31. The van der Waals surface area contributed by atoms with Gasteiger partial charge in [-0.3, -0.25) is 0 Å². The fourth-order valence-electron chi connectivity index (χ4n) is 8.82. The molecule has 0 N–H and O–H groups in total. The minimum Gasteiger partial charge on any atom is -0.340 e. The molecular formula is C58H88N2. The van der Waals surface area contributed by atoms with Crippen LogP contribution >= 0.6 is 0 Å². The van der Waals surface area contributed by atoms with Gasteiger partial charge in [0.2, 0.25) is 0 Å². The van der Waals surface area contributed by atoms with Gasteiger partial charge in [0, 0.05) is 35.8 Å². The molecule has 0 bridgehead atoms. The van der Waals surface area contributed by atoms with Crippen LogP contribution in [-0.2, 0) is 25.7 Å². The van der Waals surface area contributed by atoms with Gasteiger partial charge in [-0.25, -0.2) is 0 Å². The molecule has 0 atom stereocenters. The van der Waals surface area contributed by atoms with E-state index in [1.54, 1.807) is 0 Å². The predicted octanol–water partition coefficient (Wildman–Crippen LogP) is 18.3. The Morgan fingerprint density at radius 2 is 0.417 bits per heavy atom. The summed E-state index contributed by atoms with van der Waals surface area (Å²) in [5, 5.41) is 0. The van der Waals surface area contributed by atoms with Crippen molar-refractivity contribution >= 4 is 22.7 Å². The lowest BCUT2D eigenvalue weighted by molar-refractivity contribution is 0.607. The zero-order chi connectivity index (χ0) is 42.3. The number of nitrogens with zero attached hydrogens (tertiary/aromatic N) is 2. The van der Waals surface area contributed by atoms with Crippen LogP contribution in [-0.4, -0.2) is 13.1 Å². The summed E-state index contributed by atoms with van der Waals surface area (Å²) in [6.45, 7) is 11.0. The van der Waals surface area contributed by atoms with E-state index in [1.807, 2.05) is 0 Å². The molecule has 4 aromatic rings. The zero-order valence-corrected chi connectivity index (χ0v) is 39.3. The zero-order valence-electron chi connectivity index (χ0n) is 39.3. The van der Waals surface area contributed by atoms with E-state index in [9.17, 15) is 0 Å². The highest BCUT2D eigenvalue weighted by atomic mass is 15.2. The fraction of sp³-hybridized carbons (Fsp3) is 0.586. The molecule has 330 valence electrons. The first-order valence-corrected chi connectivity index (χ1v) is 25.6. The van der Waals surface area contributed by atoms with Gasteiger partial charge < -0.3 is 9.80 Å². The second kappa shape index (κ2) is 31.3. The third-order valence-electron chi connectivity index (χ3n) is 12.8. The fourth-order valence-corrected chi connectivity index (χ4v) is 8.82. The van der Waals surface area contributed by atoms with Crippen molar-refractivity contribution in [3.63, 3.8) is 0 Å². The Kier molecular flexibility index (Phi) is 25.7. The second-order valence-electron chi connectivity index (χ2n) is 18.0. The molecule has 0 radical (unpaired) electrons. The van der Waals surface area contributed by atoms with E-state index < -0.39 is 0 Å². The van der Waals surface area contributed by atoms with E-state index in [2.05, 4.69) is 135 Å². The van der Waals surface area contributed by atoms with Gasteiger partial charge >= 0.3 is 0 Å². The Bertz CT molecular complexity index is 1350. The Morgan fingerprint density at radius 3 is 0.617 bits per heavy atom. The van der Waals surface area contributed by atoms with Gasteiger partial charge in [0.25, 0.3) is 0 Å². The number of unbranched alkanes of at least 4 members (excludes halogenated alkanes) is 20. The van der Waals surface area contributed by atoms with Crippen LogP contribution in [0.5, 0.6) is 0 Å². The maximum atomic E-state index is 2.57. The molecule has 60 heavy (non-hydrogen) atoms. The first-order chi connectivity index (χ1) is 29.6. The van der Waals surface area contributed by atoms with Crippen LogP contribution in [0.4, 0.5) is 22.7 Å². The highest BCUT2D eigenvalue weighted by Gasteiger charge is 2.16. The van der Waals surface area contributed by atoms with Crippen molar-refractivity contribution in [2.24, 2.45) is 0 Å². The quantitative estimate of drug-likeness (QED) is 0.0427. The van der Waals surface area contributed by atoms with Crippen molar-refractivity contribution in [3.8, 4) is 0 Å². The van der Waals surface area contributed by atoms with E-state index >= 15 is 0 Å². The van der Waals surface area contributed by atoms with Crippen LogP contribution in [0.3, 0.4) is 0 Å². The summed E-state index contributed by atoms with van der Waals surface area (Å²) >= 11 is 0. The Labute approximate surface area is 371 Å². The molecule has 0 spiro atoms. The van der Waals surface area contributed by atoms with Crippen LogP contribution < -0.4 is 9.80 Å². The number of hydrogen-bond acceptors (Lipinski definition) is 2. The van der Waals surface area contributed by atoms with Gasteiger partial charge in [-0.2, -0.15) is 0 Å². The van der Waals surface area contributed by atoms with Crippen LogP contribution in [0, 0.1) is 0 Å². The minimum absolute atomic E-state index is 0.895. The molecule has 0 saturated carbocycles. The highest BCUT2D eigenvalue weighted by molar-refractivity contribution is 5.67. The van der Waals surface area contributed by atoms with Crippen molar-refractivity contribution < 1.29 is 0 Å². The first-order valence-electron chi connectivity index (χ1n) is 25.6. The van der Waals surface area contributed by atoms with Crippen LogP contribution in [0.15, 0.2) is 97.1 Å². The molecule has 4 aromatic carbocycles. The summed E-state index contributed by atoms with van der Waals surface area (Å²) in [5.41, 5.74) is 11.0. The monoisotopic (exact) mass is 813 g/mol. The van der Waals surface area contributed by atoms with E-state index in [4.69, 9.17) is 0 Å². The molecule has 0 saturated heterocycles. The maximum Gasteiger partial charge on any atom is 0.0411 e. The summed E-state index contributed by atoms with van der Waals surface area (Å²) in [6.07, 6.45) is 37.0. The number of aryl methyl sites for hydroxylation is 4. The molecule has 0 aliphatic carbocycles. The molecule has 0 fully saturated rings. The number of anilines is 4. The average Bonchev–Trinajstić information content (AvgIpc) is 3.28. The first kappa shape index (κ1) is 49.1. The number of rotatable bonds is 35. The Balaban J connectivity index is 1.52. The molecule has 0 unspecified atom stereocenters. The molecule has 0 aliphatic heterocycles. The molecule has 0 amide bonds. The van der Waals surface area contributed by atoms with E-state index in [1.165, 1.54) is 225 Å². The molecule has 0 heterocycles. The van der Waals surface area contributed by atoms with Crippen molar-refractivity contribution in [3.05, 3.63) is 119 Å². The summed E-state index contributed by atoms with van der Waals surface area (Å²) in [5.74, 6) is 0. The summed E-state index contributed by atoms with van der Waals surface area (Å²) < 4.78 is 0. The lowest BCUT2D eigenvalue weighted by Crippen LogP contribution is -2.30. The van der Waals surface area contributed by atoms with Crippen molar-refractivity contribution in [2.45, 2.75) is 207 Å². The molecule has 2 heteroatoms. The minimum atomic E-state index is 0.895. The van der Waals surface area contributed by atoms with Gasteiger partial charge in [0.05, 0.1) is 0 Å². The largest absolute Gasteiger partial charge is 0.340 e. The Morgan fingerprint density at radius 1 is 0.233 bits per heavy atom. The molecule has 4 rings (SSSR count). The van der Waals surface area contributed by atoms with E-state index in [-0.39, 0.29) is 0 Å². The summed E-state index contributed by atoms with van der Waals surface area (Å²) in [6, 6.07) is 38.2.